The van der Waals surface area contributed by atoms with E-state index in [9.17, 15) is 14.7 Å². The van der Waals surface area contributed by atoms with Gasteiger partial charge in [0.15, 0.2) is 0 Å². The zero-order valence-electron chi connectivity index (χ0n) is 22.3. The first kappa shape index (κ1) is 26.0. The topological polar surface area (TPSA) is 79.5 Å². The van der Waals surface area contributed by atoms with E-state index in [4.69, 9.17) is 4.42 Å². The molecule has 1 aromatic heterocycles. The van der Waals surface area contributed by atoms with E-state index in [1.807, 2.05) is 66.7 Å². The second kappa shape index (κ2) is 10.6. The molecule has 1 amide bonds. The molecule has 1 atom stereocenters. The number of rotatable bonds is 7. The van der Waals surface area contributed by atoms with Crippen molar-refractivity contribution in [1.29, 1.82) is 0 Å². The van der Waals surface area contributed by atoms with Gasteiger partial charge >= 0.3 is 5.97 Å². The van der Waals surface area contributed by atoms with Gasteiger partial charge in [-0.05, 0) is 77.1 Å². The van der Waals surface area contributed by atoms with Crippen LogP contribution in [0.15, 0.2) is 108 Å². The van der Waals surface area contributed by atoms with Crippen molar-refractivity contribution in [3.8, 4) is 11.3 Å². The van der Waals surface area contributed by atoms with Gasteiger partial charge in [0.2, 0.25) is 5.91 Å². The van der Waals surface area contributed by atoms with Crippen molar-refractivity contribution >= 4 is 28.5 Å². The number of fused-ring (bicyclic) bond motifs is 1. The number of hydrogen-bond acceptors (Lipinski definition) is 3. The second-order valence-corrected chi connectivity index (χ2v) is 10.8. The van der Waals surface area contributed by atoms with Crippen molar-refractivity contribution in [2.24, 2.45) is 0 Å². The van der Waals surface area contributed by atoms with E-state index in [1.165, 1.54) is 5.56 Å². The average molecular weight is 518 g/mol. The highest BCUT2D eigenvalue weighted by atomic mass is 16.4. The molecule has 0 saturated carbocycles. The molecule has 0 aliphatic carbocycles. The number of carboxylic acid groups (broad SMARTS) is 1. The summed E-state index contributed by atoms with van der Waals surface area (Å²) in [6.45, 7) is 6.47. The molecule has 0 bridgehead atoms. The lowest BCUT2D eigenvalue weighted by Crippen LogP contribution is -2.23. The van der Waals surface area contributed by atoms with Gasteiger partial charge in [0, 0.05) is 16.6 Å². The number of furan rings is 1. The Morgan fingerprint density at radius 3 is 2.13 bits per heavy atom. The molecular formula is C34H31NO4. The highest BCUT2D eigenvalue weighted by molar-refractivity contribution is 5.96. The fraction of sp³-hybridized carbons (Fsp3) is 0.176. The van der Waals surface area contributed by atoms with E-state index < -0.39 is 11.9 Å². The van der Waals surface area contributed by atoms with Gasteiger partial charge in [-0.25, -0.2) is 4.79 Å². The van der Waals surface area contributed by atoms with E-state index >= 15 is 0 Å². The number of nitrogens with one attached hydrogen (secondary N) is 1. The lowest BCUT2D eigenvalue weighted by molar-refractivity contribution is -0.117. The first-order valence-electron chi connectivity index (χ1n) is 13.0. The Labute approximate surface area is 228 Å². The zero-order chi connectivity index (χ0) is 27.6. The lowest BCUT2D eigenvalue weighted by Gasteiger charge is -2.22. The standard InChI is InChI=1S/C34H31NO4/c1-34(2,3)27-16-12-23(13-17-27)29(20-22-8-10-25(11-9-22)33(37)38)32(36)35-28-18-14-24(15-19-28)31-21-26-6-4-5-7-30(26)39-31/h4-19,21,29H,20H2,1-3H3,(H,35,36)(H,37,38). The van der Waals surface area contributed by atoms with Crippen LogP contribution in [0.5, 0.6) is 0 Å². The van der Waals surface area contributed by atoms with Crippen LogP contribution in [-0.4, -0.2) is 17.0 Å². The summed E-state index contributed by atoms with van der Waals surface area (Å²) in [6, 6.07) is 32.4. The summed E-state index contributed by atoms with van der Waals surface area (Å²) in [5.74, 6) is -0.780. The molecule has 0 spiro atoms. The number of amides is 1. The molecule has 0 fully saturated rings. The monoisotopic (exact) mass is 517 g/mol. The maximum atomic E-state index is 13.6. The van der Waals surface area contributed by atoms with Crippen molar-refractivity contribution in [3.63, 3.8) is 0 Å². The molecule has 0 saturated heterocycles. The average Bonchev–Trinajstić information content (AvgIpc) is 3.36. The van der Waals surface area contributed by atoms with Crippen LogP contribution in [0, 0.1) is 0 Å². The second-order valence-electron chi connectivity index (χ2n) is 10.8. The number of carboxylic acids is 1. The van der Waals surface area contributed by atoms with Gasteiger partial charge in [-0.15, -0.1) is 0 Å². The molecule has 0 aliphatic heterocycles. The molecule has 0 aliphatic rings. The molecule has 5 nitrogen and oxygen atoms in total. The normalized spacial score (nSPS) is 12.3. The lowest BCUT2D eigenvalue weighted by atomic mass is 9.84. The third-order valence-electron chi connectivity index (χ3n) is 7.00. The van der Waals surface area contributed by atoms with Crippen molar-refractivity contribution in [2.45, 2.75) is 38.5 Å². The van der Waals surface area contributed by atoms with Gasteiger partial charge in [0.1, 0.15) is 11.3 Å². The van der Waals surface area contributed by atoms with Crippen molar-refractivity contribution in [2.75, 3.05) is 5.32 Å². The fourth-order valence-corrected chi connectivity index (χ4v) is 4.67. The minimum Gasteiger partial charge on any atom is -0.478 e. The SMILES string of the molecule is CC(C)(C)c1ccc(C(Cc2ccc(C(=O)O)cc2)C(=O)Nc2ccc(-c3cc4ccccc4o3)cc2)cc1. The van der Waals surface area contributed by atoms with Gasteiger partial charge in [-0.2, -0.15) is 0 Å². The van der Waals surface area contributed by atoms with E-state index in [0.29, 0.717) is 12.1 Å². The first-order valence-corrected chi connectivity index (χ1v) is 13.0. The van der Waals surface area contributed by atoms with Gasteiger partial charge in [0.25, 0.3) is 0 Å². The van der Waals surface area contributed by atoms with Crippen molar-refractivity contribution < 1.29 is 19.1 Å². The quantitative estimate of drug-likeness (QED) is 0.229. The third-order valence-corrected chi connectivity index (χ3v) is 7.00. The Morgan fingerprint density at radius 2 is 1.51 bits per heavy atom. The summed E-state index contributed by atoms with van der Waals surface area (Å²) in [6.07, 6.45) is 0.442. The number of para-hydroxylation sites is 1. The summed E-state index contributed by atoms with van der Waals surface area (Å²) in [4.78, 5) is 24.9. The van der Waals surface area contributed by atoms with Crippen LogP contribution in [-0.2, 0) is 16.6 Å². The summed E-state index contributed by atoms with van der Waals surface area (Å²) >= 11 is 0. The van der Waals surface area contributed by atoms with Crippen LogP contribution in [0.3, 0.4) is 0 Å². The zero-order valence-corrected chi connectivity index (χ0v) is 22.3. The van der Waals surface area contributed by atoms with E-state index in [1.54, 1.807) is 24.3 Å². The van der Waals surface area contributed by atoms with Crippen LogP contribution < -0.4 is 5.32 Å². The number of carbonyl (C=O) groups excluding carboxylic acids is 1. The Balaban J connectivity index is 1.38. The molecule has 1 heterocycles. The van der Waals surface area contributed by atoms with Crippen molar-refractivity contribution in [3.05, 3.63) is 125 Å². The Morgan fingerprint density at radius 1 is 0.846 bits per heavy atom. The van der Waals surface area contributed by atoms with Crippen LogP contribution >= 0.6 is 0 Å². The molecule has 0 radical (unpaired) electrons. The molecular weight excluding hydrogens is 486 g/mol. The molecule has 2 N–H and O–H groups in total. The van der Waals surface area contributed by atoms with Gasteiger partial charge in [-0.3, -0.25) is 4.79 Å². The number of aromatic carboxylic acids is 1. The Bertz CT molecular complexity index is 1570. The van der Waals surface area contributed by atoms with Gasteiger partial charge in [-0.1, -0.05) is 75.4 Å². The number of anilines is 1. The summed E-state index contributed by atoms with van der Waals surface area (Å²) in [7, 11) is 0. The van der Waals surface area contributed by atoms with Gasteiger partial charge < -0.3 is 14.8 Å². The molecule has 196 valence electrons. The van der Waals surface area contributed by atoms with E-state index in [2.05, 4.69) is 38.2 Å². The third kappa shape index (κ3) is 5.93. The Hall–Kier alpha value is -4.64. The summed E-state index contributed by atoms with van der Waals surface area (Å²) < 4.78 is 5.97. The predicted molar refractivity (Wildman–Crippen MR) is 155 cm³/mol. The molecule has 5 aromatic rings. The molecule has 1 unspecified atom stereocenters. The number of hydrogen-bond donors (Lipinski definition) is 2. The predicted octanol–water partition coefficient (Wildman–Crippen LogP) is 8.06. The molecule has 4 aromatic carbocycles. The fourth-order valence-electron chi connectivity index (χ4n) is 4.67. The maximum Gasteiger partial charge on any atom is 0.335 e. The minimum atomic E-state index is -0.972. The van der Waals surface area contributed by atoms with E-state index in [-0.39, 0.29) is 16.9 Å². The number of benzene rings is 4. The first-order chi connectivity index (χ1) is 18.7. The van der Waals surface area contributed by atoms with Crippen molar-refractivity contribution in [1.82, 2.24) is 0 Å². The Kier molecular flexibility index (Phi) is 7.07. The molecule has 5 rings (SSSR count). The molecule has 39 heavy (non-hydrogen) atoms. The highest BCUT2D eigenvalue weighted by Crippen LogP contribution is 2.30. The highest BCUT2D eigenvalue weighted by Gasteiger charge is 2.23. The minimum absolute atomic E-state index is 0.00450. The van der Waals surface area contributed by atoms with Crippen LogP contribution in [0.4, 0.5) is 5.69 Å². The van der Waals surface area contributed by atoms with Crippen LogP contribution in [0.1, 0.15) is 53.7 Å². The largest absolute Gasteiger partial charge is 0.478 e. The smallest absolute Gasteiger partial charge is 0.335 e. The van der Waals surface area contributed by atoms with Gasteiger partial charge in [0.05, 0.1) is 11.5 Å². The maximum absolute atomic E-state index is 13.6. The molecule has 5 heteroatoms. The van der Waals surface area contributed by atoms with Crippen LogP contribution in [0.25, 0.3) is 22.3 Å². The number of carbonyl (C=O) groups is 2. The summed E-state index contributed by atoms with van der Waals surface area (Å²) in [5.41, 5.74) is 5.67. The summed E-state index contributed by atoms with van der Waals surface area (Å²) in [5, 5.41) is 13.4. The van der Waals surface area contributed by atoms with E-state index in [0.717, 1.165) is 33.4 Å². The van der Waals surface area contributed by atoms with Crippen LogP contribution in [0.2, 0.25) is 0 Å².